The third-order valence-electron chi connectivity index (χ3n) is 4.57. The zero-order valence-electron chi connectivity index (χ0n) is 17.3. The Morgan fingerprint density at radius 2 is 1.90 bits per heavy atom. The van der Waals surface area contributed by atoms with Crippen LogP contribution in [0, 0.1) is 6.92 Å². The summed E-state index contributed by atoms with van der Waals surface area (Å²) in [4.78, 5) is 26.9. The highest BCUT2D eigenvalue weighted by molar-refractivity contribution is 6.30. The van der Waals surface area contributed by atoms with Gasteiger partial charge in [0.1, 0.15) is 11.8 Å². The molecule has 2 amide bonds. The van der Waals surface area contributed by atoms with E-state index in [1.165, 1.54) is 0 Å². The molecule has 0 aliphatic rings. The molecule has 2 rings (SSSR count). The van der Waals surface area contributed by atoms with Crippen LogP contribution in [-0.4, -0.2) is 35.9 Å². The first-order chi connectivity index (χ1) is 13.9. The van der Waals surface area contributed by atoms with Gasteiger partial charge < -0.3 is 15.0 Å². The van der Waals surface area contributed by atoms with Gasteiger partial charge in [-0.1, -0.05) is 41.4 Å². The maximum atomic E-state index is 12.9. The van der Waals surface area contributed by atoms with E-state index in [9.17, 15) is 9.59 Å². The summed E-state index contributed by atoms with van der Waals surface area (Å²) in [7, 11) is 0. The Kier molecular flexibility index (Phi) is 9.00. The monoisotopic (exact) mass is 416 g/mol. The molecule has 0 spiro atoms. The lowest BCUT2D eigenvalue weighted by molar-refractivity contribution is -0.140. The minimum absolute atomic E-state index is 0.0648. The molecular weight excluding hydrogens is 388 g/mol. The van der Waals surface area contributed by atoms with Crippen LogP contribution in [0.25, 0.3) is 0 Å². The quantitative estimate of drug-likeness (QED) is 0.585. The maximum absolute atomic E-state index is 12.9. The molecule has 0 heterocycles. The van der Waals surface area contributed by atoms with Gasteiger partial charge in [-0.15, -0.1) is 0 Å². The van der Waals surface area contributed by atoms with Crippen LogP contribution in [-0.2, 0) is 16.1 Å². The van der Waals surface area contributed by atoms with Gasteiger partial charge in [-0.05, 0) is 57.0 Å². The first-order valence-corrected chi connectivity index (χ1v) is 10.3. The summed E-state index contributed by atoms with van der Waals surface area (Å²) in [6.07, 6.45) is 0.872. The molecule has 1 N–H and O–H groups in total. The first-order valence-electron chi connectivity index (χ1n) is 9.91. The van der Waals surface area contributed by atoms with Gasteiger partial charge in [-0.3, -0.25) is 9.59 Å². The lowest BCUT2D eigenvalue weighted by atomic mass is 10.1. The number of rotatable bonds is 10. The van der Waals surface area contributed by atoms with Crippen LogP contribution < -0.4 is 10.1 Å². The van der Waals surface area contributed by atoms with Gasteiger partial charge in [0.05, 0.1) is 6.61 Å². The summed E-state index contributed by atoms with van der Waals surface area (Å²) in [5.41, 5.74) is 2.13. The third-order valence-corrected chi connectivity index (χ3v) is 4.82. The molecular formula is C23H29ClN2O3. The van der Waals surface area contributed by atoms with Crippen molar-refractivity contribution in [3.8, 4) is 5.75 Å². The summed E-state index contributed by atoms with van der Waals surface area (Å²) in [6, 6.07) is 14.6. The van der Waals surface area contributed by atoms with Crippen LogP contribution in [0.5, 0.6) is 5.75 Å². The normalized spacial score (nSPS) is 11.6. The van der Waals surface area contributed by atoms with E-state index in [4.69, 9.17) is 16.3 Å². The number of halogens is 1. The molecule has 0 saturated carbocycles. The number of hydrogen-bond acceptors (Lipinski definition) is 3. The number of nitrogens with zero attached hydrogens (tertiary/aromatic N) is 1. The SMILES string of the molecule is CCNC(=O)[C@@H](C)N(Cc1cccc(C)c1)C(=O)CCCOc1ccc(Cl)cc1. The fraction of sp³-hybridized carbons (Fsp3) is 0.391. The van der Waals surface area contributed by atoms with E-state index in [-0.39, 0.29) is 11.8 Å². The summed E-state index contributed by atoms with van der Waals surface area (Å²) in [6.45, 7) is 6.99. The van der Waals surface area contributed by atoms with Crippen LogP contribution in [0.4, 0.5) is 0 Å². The van der Waals surface area contributed by atoms with E-state index >= 15 is 0 Å². The van der Waals surface area contributed by atoms with Gasteiger partial charge in [-0.25, -0.2) is 0 Å². The van der Waals surface area contributed by atoms with Gasteiger partial charge in [0.2, 0.25) is 11.8 Å². The number of carbonyl (C=O) groups excluding carboxylic acids is 2. The Morgan fingerprint density at radius 1 is 1.17 bits per heavy atom. The van der Waals surface area contributed by atoms with Crippen molar-refractivity contribution < 1.29 is 14.3 Å². The van der Waals surface area contributed by atoms with Gasteiger partial charge in [0.15, 0.2) is 0 Å². The fourth-order valence-corrected chi connectivity index (χ4v) is 3.13. The molecule has 0 radical (unpaired) electrons. The molecule has 0 saturated heterocycles. The average Bonchev–Trinajstić information content (AvgIpc) is 2.70. The van der Waals surface area contributed by atoms with Crippen LogP contribution in [0.2, 0.25) is 5.02 Å². The number of ether oxygens (including phenoxy) is 1. The second-order valence-corrected chi connectivity index (χ2v) is 7.42. The second kappa shape index (κ2) is 11.5. The van der Waals surface area contributed by atoms with Crippen molar-refractivity contribution in [2.75, 3.05) is 13.2 Å². The smallest absolute Gasteiger partial charge is 0.242 e. The standard InChI is InChI=1S/C23H29ClN2O3/c1-4-25-23(28)18(3)26(16-19-8-5-7-17(2)15-19)22(27)9-6-14-29-21-12-10-20(24)11-13-21/h5,7-8,10-13,15,18H,4,6,9,14,16H2,1-3H3,(H,25,28)/t18-/m1/s1. The van der Waals surface area contributed by atoms with E-state index in [1.54, 1.807) is 36.1 Å². The molecule has 29 heavy (non-hydrogen) atoms. The van der Waals surface area contributed by atoms with Crippen LogP contribution in [0.1, 0.15) is 37.8 Å². The maximum Gasteiger partial charge on any atom is 0.242 e. The Morgan fingerprint density at radius 3 is 2.55 bits per heavy atom. The predicted octanol–water partition coefficient (Wildman–Crippen LogP) is 4.36. The van der Waals surface area contributed by atoms with Crippen LogP contribution >= 0.6 is 11.6 Å². The largest absolute Gasteiger partial charge is 0.494 e. The van der Waals surface area contributed by atoms with Gasteiger partial charge >= 0.3 is 0 Å². The molecule has 0 bridgehead atoms. The van der Waals surface area contributed by atoms with Crippen molar-refractivity contribution in [2.45, 2.75) is 46.2 Å². The van der Waals surface area contributed by atoms with Crippen LogP contribution in [0.15, 0.2) is 48.5 Å². The zero-order valence-corrected chi connectivity index (χ0v) is 18.0. The lowest BCUT2D eigenvalue weighted by Crippen LogP contribution is -2.47. The Labute approximate surface area is 178 Å². The van der Waals surface area contributed by atoms with Crippen molar-refractivity contribution in [1.82, 2.24) is 10.2 Å². The number of hydrogen-bond donors (Lipinski definition) is 1. The topological polar surface area (TPSA) is 58.6 Å². The van der Waals surface area contributed by atoms with E-state index in [0.29, 0.717) is 43.3 Å². The van der Waals surface area contributed by atoms with E-state index in [0.717, 1.165) is 11.1 Å². The minimum atomic E-state index is -0.542. The Hall–Kier alpha value is -2.53. The molecule has 2 aromatic carbocycles. The van der Waals surface area contributed by atoms with Crippen LogP contribution in [0.3, 0.4) is 0 Å². The fourth-order valence-electron chi connectivity index (χ4n) is 3.00. The highest BCUT2D eigenvalue weighted by Crippen LogP contribution is 2.17. The summed E-state index contributed by atoms with van der Waals surface area (Å²) in [5, 5.41) is 3.45. The van der Waals surface area contributed by atoms with Crippen molar-refractivity contribution in [3.63, 3.8) is 0 Å². The summed E-state index contributed by atoms with van der Waals surface area (Å²) < 4.78 is 5.66. The number of nitrogens with one attached hydrogen (secondary N) is 1. The van der Waals surface area contributed by atoms with E-state index in [1.807, 2.05) is 38.1 Å². The lowest BCUT2D eigenvalue weighted by Gasteiger charge is -2.29. The highest BCUT2D eigenvalue weighted by Gasteiger charge is 2.25. The van der Waals surface area contributed by atoms with Crippen molar-refractivity contribution >= 4 is 23.4 Å². The minimum Gasteiger partial charge on any atom is -0.494 e. The number of likely N-dealkylation sites (N-methyl/N-ethyl adjacent to an activating group) is 1. The summed E-state index contributed by atoms with van der Waals surface area (Å²) in [5.74, 6) is 0.505. The average molecular weight is 417 g/mol. The number of aryl methyl sites for hydroxylation is 1. The zero-order chi connectivity index (χ0) is 21.2. The van der Waals surface area contributed by atoms with E-state index < -0.39 is 6.04 Å². The highest BCUT2D eigenvalue weighted by atomic mass is 35.5. The van der Waals surface area contributed by atoms with Gasteiger partial charge in [0, 0.05) is 24.5 Å². The van der Waals surface area contributed by atoms with Crippen molar-refractivity contribution in [2.24, 2.45) is 0 Å². The van der Waals surface area contributed by atoms with Gasteiger partial charge in [0.25, 0.3) is 0 Å². The number of benzene rings is 2. The molecule has 156 valence electrons. The number of amides is 2. The second-order valence-electron chi connectivity index (χ2n) is 6.99. The van der Waals surface area contributed by atoms with Gasteiger partial charge in [-0.2, -0.15) is 0 Å². The number of carbonyl (C=O) groups is 2. The summed E-state index contributed by atoms with van der Waals surface area (Å²) >= 11 is 5.86. The Balaban J connectivity index is 1.97. The van der Waals surface area contributed by atoms with Crippen molar-refractivity contribution in [1.29, 1.82) is 0 Å². The third kappa shape index (κ3) is 7.42. The molecule has 0 aromatic heterocycles. The predicted molar refractivity (Wildman–Crippen MR) is 116 cm³/mol. The Bertz CT molecular complexity index is 808. The first kappa shape index (κ1) is 22.8. The van der Waals surface area contributed by atoms with E-state index in [2.05, 4.69) is 5.32 Å². The molecule has 0 unspecified atom stereocenters. The molecule has 2 aromatic rings. The molecule has 6 heteroatoms. The molecule has 0 fully saturated rings. The molecule has 0 aliphatic heterocycles. The van der Waals surface area contributed by atoms with Crippen molar-refractivity contribution in [3.05, 3.63) is 64.7 Å². The molecule has 5 nitrogen and oxygen atoms in total. The molecule has 1 atom stereocenters. The molecule has 0 aliphatic carbocycles.